The molecule has 4 nitrogen and oxygen atoms in total. The van der Waals surface area contributed by atoms with Gasteiger partial charge in [-0.2, -0.15) is 5.10 Å². The Morgan fingerprint density at radius 1 is 1.69 bits per heavy atom. The molecule has 0 aliphatic carbocycles. The highest BCUT2D eigenvalue weighted by Gasteiger charge is 2.21. The fourth-order valence-corrected chi connectivity index (χ4v) is 2.38. The smallest absolute Gasteiger partial charge is 0.198 e. The second-order valence-electron chi connectivity index (χ2n) is 3.32. The molecule has 86 valence electrons. The Morgan fingerprint density at radius 2 is 2.44 bits per heavy atom. The number of halogens is 2. The van der Waals surface area contributed by atoms with Gasteiger partial charge >= 0.3 is 0 Å². The van der Waals surface area contributed by atoms with Crippen LogP contribution in [-0.4, -0.2) is 9.78 Å². The Labute approximate surface area is 106 Å². The Bertz CT molecular complexity index is 494. The van der Waals surface area contributed by atoms with Gasteiger partial charge < -0.3 is 10.2 Å². The van der Waals surface area contributed by atoms with Crippen molar-refractivity contribution in [1.29, 1.82) is 0 Å². The highest BCUT2D eigenvalue weighted by Crippen LogP contribution is 2.31. The van der Waals surface area contributed by atoms with Crippen LogP contribution in [0, 0.1) is 0 Å². The van der Waals surface area contributed by atoms with Gasteiger partial charge in [0.1, 0.15) is 0 Å². The van der Waals surface area contributed by atoms with Crippen LogP contribution >= 0.6 is 27.5 Å². The molecule has 0 saturated carbocycles. The standard InChI is InChI=1S/C10H11BrClN3O/c1-2-15-9(7(11)5-14-15)8(13)6-3-4-16-10(6)12/h3-5,8H,2,13H2,1H3. The van der Waals surface area contributed by atoms with Gasteiger partial charge in [-0.25, -0.2) is 0 Å². The molecule has 0 radical (unpaired) electrons. The van der Waals surface area contributed by atoms with E-state index in [0.29, 0.717) is 5.22 Å². The first-order valence-corrected chi connectivity index (χ1v) is 6.02. The lowest BCUT2D eigenvalue weighted by atomic mass is 10.1. The van der Waals surface area contributed by atoms with Crippen molar-refractivity contribution in [1.82, 2.24) is 9.78 Å². The number of rotatable bonds is 3. The molecule has 0 amide bonds. The minimum absolute atomic E-state index is 0.322. The zero-order valence-electron chi connectivity index (χ0n) is 8.65. The van der Waals surface area contributed by atoms with Crippen LogP contribution in [-0.2, 0) is 6.54 Å². The van der Waals surface area contributed by atoms with Crippen LogP contribution in [0.5, 0.6) is 0 Å². The minimum Gasteiger partial charge on any atom is -0.453 e. The average molecular weight is 305 g/mol. The highest BCUT2D eigenvalue weighted by atomic mass is 79.9. The molecule has 6 heteroatoms. The van der Waals surface area contributed by atoms with Gasteiger partial charge in [0.15, 0.2) is 5.22 Å². The van der Waals surface area contributed by atoms with E-state index in [1.165, 1.54) is 6.26 Å². The second-order valence-corrected chi connectivity index (χ2v) is 4.52. The summed E-state index contributed by atoms with van der Waals surface area (Å²) >= 11 is 9.34. The van der Waals surface area contributed by atoms with Crippen LogP contribution in [0.2, 0.25) is 5.22 Å². The first-order valence-electron chi connectivity index (χ1n) is 4.84. The molecule has 2 rings (SSSR count). The number of hydrogen-bond donors (Lipinski definition) is 1. The van der Waals surface area contributed by atoms with Gasteiger partial charge in [0.25, 0.3) is 0 Å². The van der Waals surface area contributed by atoms with E-state index >= 15 is 0 Å². The summed E-state index contributed by atoms with van der Waals surface area (Å²) in [6.07, 6.45) is 3.25. The van der Waals surface area contributed by atoms with E-state index in [-0.39, 0.29) is 6.04 Å². The predicted molar refractivity (Wildman–Crippen MR) is 65.3 cm³/mol. The third-order valence-electron chi connectivity index (χ3n) is 2.41. The number of aromatic nitrogens is 2. The van der Waals surface area contributed by atoms with E-state index in [0.717, 1.165) is 22.3 Å². The largest absolute Gasteiger partial charge is 0.453 e. The number of nitrogens with two attached hydrogens (primary N) is 1. The monoisotopic (exact) mass is 303 g/mol. The van der Waals surface area contributed by atoms with Crippen molar-refractivity contribution in [3.8, 4) is 0 Å². The Morgan fingerprint density at radius 3 is 3.00 bits per heavy atom. The second kappa shape index (κ2) is 4.61. The molecule has 16 heavy (non-hydrogen) atoms. The SMILES string of the molecule is CCn1ncc(Br)c1C(N)c1ccoc1Cl. The molecular weight excluding hydrogens is 293 g/mol. The maximum Gasteiger partial charge on any atom is 0.198 e. The summed E-state index contributed by atoms with van der Waals surface area (Å²) < 4.78 is 7.74. The third kappa shape index (κ3) is 1.90. The maximum absolute atomic E-state index is 6.15. The summed E-state index contributed by atoms with van der Waals surface area (Å²) in [5.74, 6) is 0. The molecule has 1 atom stereocenters. The minimum atomic E-state index is -0.344. The fourth-order valence-electron chi connectivity index (χ4n) is 1.61. The maximum atomic E-state index is 6.15. The van der Waals surface area contributed by atoms with Crippen molar-refractivity contribution in [3.05, 3.63) is 39.5 Å². The first-order chi connectivity index (χ1) is 7.65. The summed E-state index contributed by atoms with van der Waals surface area (Å²) in [4.78, 5) is 0. The van der Waals surface area contributed by atoms with Crippen LogP contribution in [0.4, 0.5) is 0 Å². The Balaban J connectivity index is 2.44. The number of furan rings is 1. The van der Waals surface area contributed by atoms with Crippen molar-refractivity contribution in [3.63, 3.8) is 0 Å². The lowest BCUT2D eigenvalue weighted by Crippen LogP contribution is -2.17. The van der Waals surface area contributed by atoms with Crippen molar-refractivity contribution in [2.45, 2.75) is 19.5 Å². The van der Waals surface area contributed by atoms with E-state index < -0.39 is 0 Å². The molecule has 0 spiro atoms. The predicted octanol–water partition coefficient (Wildman–Crippen LogP) is 2.96. The van der Waals surface area contributed by atoms with E-state index in [1.54, 1.807) is 12.3 Å². The molecule has 2 N–H and O–H groups in total. The van der Waals surface area contributed by atoms with E-state index in [2.05, 4.69) is 21.0 Å². The van der Waals surface area contributed by atoms with Gasteiger partial charge in [0, 0.05) is 12.1 Å². The van der Waals surface area contributed by atoms with Gasteiger partial charge in [-0.3, -0.25) is 4.68 Å². The van der Waals surface area contributed by atoms with Crippen molar-refractivity contribution < 1.29 is 4.42 Å². The van der Waals surface area contributed by atoms with Gasteiger partial charge in [0.05, 0.1) is 28.7 Å². The van der Waals surface area contributed by atoms with Crippen LogP contribution in [0.25, 0.3) is 0 Å². The number of aryl methyl sites for hydroxylation is 1. The number of nitrogens with zero attached hydrogens (tertiary/aromatic N) is 2. The van der Waals surface area contributed by atoms with Crippen molar-refractivity contribution in [2.75, 3.05) is 0 Å². The van der Waals surface area contributed by atoms with Gasteiger partial charge in [-0.05, 0) is 40.5 Å². The lowest BCUT2D eigenvalue weighted by Gasteiger charge is -2.12. The molecule has 1 unspecified atom stereocenters. The number of hydrogen-bond acceptors (Lipinski definition) is 3. The summed E-state index contributed by atoms with van der Waals surface area (Å²) in [7, 11) is 0. The quantitative estimate of drug-likeness (QED) is 0.948. The molecule has 0 aliphatic rings. The average Bonchev–Trinajstić information content (AvgIpc) is 2.83. The molecule has 0 saturated heterocycles. The molecule has 0 fully saturated rings. The summed E-state index contributed by atoms with van der Waals surface area (Å²) in [6.45, 7) is 2.76. The van der Waals surface area contributed by atoms with Gasteiger partial charge in [-0.1, -0.05) is 0 Å². The molecule has 0 bridgehead atoms. The van der Waals surface area contributed by atoms with Crippen LogP contribution < -0.4 is 5.73 Å². The van der Waals surface area contributed by atoms with Crippen molar-refractivity contribution in [2.24, 2.45) is 5.73 Å². The van der Waals surface area contributed by atoms with E-state index in [4.69, 9.17) is 21.8 Å². The molecule has 2 aromatic rings. The summed E-state index contributed by atoms with van der Waals surface area (Å²) in [5.41, 5.74) is 7.80. The van der Waals surface area contributed by atoms with E-state index in [1.807, 2.05) is 11.6 Å². The van der Waals surface area contributed by atoms with Crippen LogP contribution in [0.15, 0.2) is 27.4 Å². The topological polar surface area (TPSA) is 57.0 Å². The molecule has 2 heterocycles. The van der Waals surface area contributed by atoms with Gasteiger partial charge in [-0.15, -0.1) is 0 Å². The Hall–Kier alpha value is -0.780. The van der Waals surface area contributed by atoms with Crippen LogP contribution in [0.1, 0.15) is 24.2 Å². The summed E-state index contributed by atoms with van der Waals surface area (Å²) in [6, 6.07) is 1.43. The molecule has 0 aromatic carbocycles. The summed E-state index contributed by atoms with van der Waals surface area (Å²) in [5, 5.41) is 4.53. The lowest BCUT2D eigenvalue weighted by molar-refractivity contribution is 0.558. The normalized spacial score (nSPS) is 13.0. The van der Waals surface area contributed by atoms with Crippen molar-refractivity contribution >= 4 is 27.5 Å². The van der Waals surface area contributed by atoms with Crippen LogP contribution in [0.3, 0.4) is 0 Å². The third-order valence-corrected chi connectivity index (χ3v) is 3.33. The first kappa shape index (κ1) is 11.7. The Kier molecular flexibility index (Phi) is 3.37. The molecule has 0 aliphatic heterocycles. The fraction of sp³-hybridized carbons (Fsp3) is 0.300. The zero-order valence-corrected chi connectivity index (χ0v) is 11.0. The van der Waals surface area contributed by atoms with Gasteiger partial charge in [0.2, 0.25) is 0 Å². The zero-order chi connectivity index (χ0) is 11.7. The molecular formula is C10H11BrClN3O. The highest BCUT2D eigenvalue weighted by molar-refractivity contribution is 9.10. The van der Waals surface area contributed by atoms with E-state index in [9.17, 15) is 0 Å². The molecule has 2 aromatic heterocycles.